The maximum atomic E-state index is 12.2. The van der Waals surface area contributed by atoms with Gasteiger partial charge in [-0.2, -0.15) is 0 Å². The number of carbonyl (C=O) groups excluding carboxylic acids is 1. The van der Waals surface area contributed by atoms with E-state index in [4.69, 9.17) is 14.0 Å². The molecule has 1 amide bonds. The van der Waals surface area contributed by atoms with E-state index in [1.807, 2.05) is 0 Å². The Hall–Kier alpha value is -2.57. The molecule has 0 spiro atoms. The number of amides is 1. The van der Waals surface area contributed by atoms with Crippen LogP contribution in [-0.2, 0) is 19.4 Å². The van der Waals surface area contributed by atoms with Gasteiger partial charge >= 0.3 is 5.97 Å². The van der Waals surface area contributed by atoms with Gasteiger partial charge in [-0.25, -0.2) is 4.79 Å². The number of carbonyl (C=O) groups is 2. The first-order valence-corrected chi connectivity index (χ1v) is 7.23. The Morgan fingerprint density at radius 1 is 1.23 bits per heavy atom. The van der Waals surface area contributed by atoms with E-state index in [0.29, 0.717) is 11.5 Å². The summed E-state index contributed by atoms with van der Waals surface area (Å²) >= 11 is 0. The molecule has 7 nitrogen and oxygen atoms in total. The van der Waals surface area contributed by atoms with Gasteiger partial charge in [0.15, 0.2) is 5.69 Å². The molecule has 2 aromatic heterocycles. The highest BCUT2D eigenvalue weighted by molar-refractivity contribution is 5.93. The van der Waals surface area contributed by atoms with Gasteiger partial charge in [-0.15, -0.1) is 0 Å². The van der Waals surface area contributed by atoms with Crippen LogP contribution in [-0.4, -0.2) is 22.1 Å². The second-order valence-electron chi connectivity index (χ2n) is 5.25. The van der Waals surface area contributed by atoms with Crippen LogP contribution in [0.15, 0.2) is 21.1 Å². The number of carboxylic acids is 1. The van der Waals surface area contributed by atoms with Gasteiger partial charge in [-0.1, -0.05) is 11.6 Å². The highest BCUT2D eigenvalue weighted by Gasteiger charge is 2.23. The minimum atomic E-state index is -1.14. The molecule has 0 saturated heterocycles. The number of aromatic nitrogens is 1. The van der Waals surface area contributed by atoms with Crippen LogP contribution in [0.5, 0.6) is 0 Å². The van der Waals surface area contributed by atoms with Crippen LogP contribution < -0.4 is 5.32 Å². The molecule has 0 aromatic carbocycles. The van der Waals surface area contributed by atoms with Crippen LogP contribution in [0.2, 0.25) is 0 Å². The molecule has 22 heavy (non-hydrogen) atoms. The largest absolute Gasteiger partial charge is 0.475 e. The number of hydrogen-bond donors (Lipinski definition) is 2. The van der Waals surface area contributed by atoms with Gasteiger partial charge in [0, 0.05) is 12.0 Å². The second kappa shape index (κ2) is 6.05. The topological polar surface area (TPSA) is 106 Å². The average molecular weight is 304 g/mol. The van der Waals surface area contributed by atoms with E-state index in [2.05, 4.69) is 10.5 Å². The van der Waals surface area contributed by atoms with E-state index in [0.717, 1.165) is 43.4 Å². The Bertz CT molecular complexity index is 701. The van der Waals surface area contributed by atoms with Crippen molar-refractivity contribution in [1.29, 1.82) is 0 Å². The van der Waals surface area contributed by atoms with Crippen molar-refractivity contribution in [2.75, 3.05) is 0 Å². The number of furan rings is 1. The Morgan fingerprint density at radius 3 is 2.82 bits per heavy atom. The first-order chi connectivity index (χ1) is 10.6. The lowest BCUT2D eigenvalue weighted by Gasteiger charge is -2.02. The number of hydrogen-bond acceptors (Lipinski definition) is 5. The van der Waals surface area contributed by atoms with Gasteiger partial charge in [0.05, 0.1) is 6.54 Å². The zero-order chi connectivity index (χ0) is 15.5. The van der Waals surface area contributed by atoms with Crippen LogP contribution in [0.3, 0.4) is 0 Å². The number of nitrogens with zero attached hydrogens (tertiary/aromatic N) is 1. The quantitative estimate of drug-likeness (QED) is 0.838. The van der Waals surface area contributed by atoms with Crippen molar-refractivity contribution >= 4 is 11.9 Å². The fourth-order valence-electron chi connectivity index (χ4n) is 2.58. The third-order valence-electron chi connectivity index (χ3n) is 3.71. The molecule has 2 N–H and O–H groups in total. The second-order valence-corrected chi connectivity index (χ2v) is 5.25. The molecule has 3 rings (SSSR count). The summed E-state index contributed by atoms with van der Waals surface area (Å²) in [5.74, 6) is -0.451. The molecule has 1 aliphatic carbocycles. The lowest BCUT2D eigenvalue weighted by molar-refractivity contribution is 0.0660. The molecule has 0 saturated carbocycles. The zero-order valence-corrected chi connectivity index (χ0v) is 11.9. The zero-order valence-electron chi connectivity index (χ0n) is 11.9. The Balaban J connectivity index is 1.67. The molecular formula is C15H16N2O5. The normalized spacial score (nSPS) is 14.2. The van der Waals surface area contributed by atoms with Crippen LogP contribution in [0.1, 0.15) is 57.4 Å². The van der Waals surface area contributed by atoms with E-state index in [9.17, 15) is 9.59 Å². The maximum absolute atomic E-state index is 12.2. The van der Waals surface area contributed by atoms with E-state index in [1.165, 1.54) is 12.1 Å². The van der Waals surface area contributed by atoms with Crippen LogP contribution in [0, 0.1) is 0 Å². The summed E-state index contributed by atoms with van der Waals surface area (Å²) in [7, 11) is 0. The minimum Gasteiger partial charge on any atom is -0.475 e. The Morgan fingerprint density at radius 2 is 2.05 bits per heavy atom. The van der Waals surface area contributed by atoms with E-state index >= 15 is 0 Å². The number of nitrogens with one attached hydrogen (secondary N) is 1. The Kier molecular flexibility index (Phi) is 3.95. The van der Waals surface area contributed by atoms with E-state index < -0.39 is 5.97 Å². The van der Waals surface area contributed by atoms with Crippen molar-refractivity contribution in [3.8, 4) is 0 Å². The predicted octanol–water partition coefficient (Wildman–Crippen LogP) is 2.16. The smallest absolute Gasteiger partial charge is 0.371 e. The van der Waals surface area contributed by atoms with E-state index in [1.54, 1.807) is 0 Å². The number of rotatable bonds is 4. The molecule has 1 aliphatic rings. The van der Waals surface area contributed by atoms with E-state index in [-0.39, 0.29) is 18.2 Å². The first kappa shape index (κ1) is 14.4. The van der Waals surface area contributed by atoms with Gasteiger partial charge in [0.25, 0.3) is 5.91 Å². The minimum absolute atomic E-state index is 0.105. The molecule has 116 valence electrons. The maximum Gasteiger partial charge on any atom is 0.371 e. The molecule has 2 aromatic rings. The monoisotopic (exact) mass is 304 g/mol. The first-order valence-electron chi connectivity index (χ1n) is 7.23. The summed E-state index contributed by atoms with van der Waals surface area (Å²) in [6.07, 6.45) is 4.80. The third-order valence-corrected chi connectivity index (χ3v) is 3.71. The third kappa shape index (κ3) is 2.88. The molecule has 0 radical (unpaired) electrons. The fraction of sp³-hybridized carbons (Fsp3) is 0.400. The highest BCUT2D eigenvalue weighted by atomic mass is 16.5. The van der Waals surface area contributed by atoms with Gasteiger partial charge in [0.1, 0.15) is 11.5 Å². The molecule has 0 fully saturated rings. The fourth-order valence-corrected chi connectivity index (χ4v) is 2.58. The molecule has 2 heterocycles. The number of aromatic carboxylic acids is 1. The average Bonchev–Trinajstić information content (AvgIpc) is 3.07. The summed E-state index contributed by atoms with van der Waals surface area (Å²) in [6.45, 7) is 0.105. The number of fused-ring (bicyclic) bond motifs is 1. The molecule has 7 heteroatoms. The van der Waals surface area contributed by atoms with Gasteiger partial charge < -0.3 is 19.4 Å². The Labute approximate surface area is 126 Å². The molecule has 0 unspecified atom stereocenters. The molecule has 0 atom stereocenters. The number of aryl methyl sites for hydroxylation is 1. The summed E-state index contributed by atoms with van der Waals surface area (Å²) in [4.78, 5) is 22.9. The van der Waals surface area contributed by atoms with Crippen molar-refractivity contribution in [2.24, 2.45) is 0 Å². The highest BCUT2D eigenvalue weighted by Crippen LogP contribution is 2.23. The lowest BCUT2D eigenvalue weighted by atomic mass is 10.1. The van der Waals surface area contributed by atoms with Gasteiger partial charge in [0.2, 0.25) is 5.76 Å². The molecule has 0 bridgehead atoms. The van der Waals surface area contributed by atoms with Crippen molar-refractivity contribution < 1.29 is 23.6 Å². The standard InChI is InChI=1S/C15H16N2O5/c18-14(16-8-9-6-7-12(21-9)15(19)20)13-10-4-2-1-3-5-11(10)22-17-13/h6-7H,1-5,8H2,(H,16,18)(H,19,20). The molecular weight excluding hydrogens is 288 g/mol. The van der Waals surface area contributed by atoms with Crippen LogP contribution in [0.25, 0.3) is 0 Å². The van der Waals surface area contributed by atoms with Gasteiger partial charge in [-0.3, -0.25) is 4.79 Å². The predicted molar refractivity (Wildman–Crippen MR) is 74.6 cm³/mol. The molecule has 0 aliphatic heterocycles. The summed E-state index contributed by atoms with van der Waals surface area (Å²) in [5.41, 5.74) is 1.21. The summed E-state index contributed by atoms with van der Waals surface area (Å²) < 4.78 is 10.4. The van der Waals surface area contributed by atoms with Gasteiger partial charge in [-0.05, 0) is 31.4 Å². The van der Waals surface area contributed by atoms with Crippen LogP contribution in [0.4, 0.5) is 0 Å². The lowest BCUT2D eigenvalue weighted by Crippen LogP contribution is -2.24. The summed E-state index contributed by atoms with van der Waals surface area (Å²) in [5, 5.41) is 15.3. The van der Waals surface area contributed by atoms with Crippen molar-refractivity contribution in [3.63, 3.8) is 0 Å². The van der Waals surface area contributed by atoms with Crippen molar-refractivity contribution in [1.82, 2.24) is 10.5 Å². The SMILES string of the molecule is O=C(O)c1ccc(CNC(=O)c2noc3c2CCCCC3)o1. The number of carboxylic acid groups (broad SMARTS) is 1. The van der Waals surface area contributed by atoms with Crippen molar-refractivity contribution in [3.05, 3.63) is 40.7 Å². The van der Waals surface area contributed by atoms with Crippen molar-refractivity contribution in [2.45, 2.75) is 38.6 Å². The summed E-state index contributed by atoms with van der Waals surface area (Å²) in [6, 6.07) is 2.87. The van der Waals surface area contributed by atoms with Crippen LogP contribution >= 0.6 is 0 Å².